The van der Waals surface area contributed by atoms with Gasteiger partial charge in [0.2, 0.25) is 5.75 Å². The second-order valence-corrected chi connectivity index (χ2v) is 4.65. The Hall–Kier alpha value is -2.18. The molecule has 0 radical (unpaired) electrons. The summed E-state index contributed by atoms with van der Waals surface area (Å²) in [5, 5.41) is 13.6. The lowest BCUT2D eigenvalue weighted by Gasteiger charge is -2.19. The molecule has 116 valence electrons. The number of hydrogen-bond donors (Lipinski definition) is 1. The number of nitrogens with zero attached hydrogens (tertiary/aromatic N) is 1. The molecule has 0 aliphatic heterocycles. The summed E-state index contributed by atoms with van der Waals surface area (Å²) in [4.78, 5) is 22.1. The summed E-state index contributed by atoms with van der Waals surface area (Å²) in [6.45, 7) is 5.35. The molecule has 21 heavy (non-hydrogen) atoms. The molecule has 0 aliphatic rings. The van der Waals surface area contributed by atoms with E-state index in [1.807, 2.05) is 13.8 Å². The molecule has 0 fully saturated rings. The second-order valence-electron chi connectivity index (χ2n) is 4.65. The summed E-state index contributed by atoms with van der Waals surface area (Å²) in [6, 6.07) is 2.90. The van der Waals surface area contributed by atoms with Crippen LogP contribution in [0.5, 0.6) is 5.75 Å². The number of ether oxygens (including phenoxy) is 1. The van der Waals surface area contributed by atoms with Crippen LogP contribution in [-0.4, -0.2) is 23.0 Å². The minimum atomic E-state index is -0.953. The van der Waals surface area contributed by atoms with E-state index in [-0.39, 0.29) is 23.4 Å². The molecule has 0 aromatic heterocycles. The zero-order chi connectivity index (χ0) is 16.0. The van der Waals surface area contributed by atoms with E-state index in [9.17, 15) is 19.3 Å². The second kappa shape index (κ2) is 7.56. The lowest BCUT2D eigenvalue weighted by Crippen LogP contribution is -2.42. The van der Waals surface area contributed by atoms with E-state index in [0.29, 0.717) is 0 Å². The highest BCUT2D eigenvalue weighted by atomic mass is 19.1. The highest BCUT2D eigenvalue weighted by molar-refractivity contribution is 5.81. The summed E-state index contributed by atoms with van der Waals surface area (Å²) in [6.07, 6.45) is 0.593. The van der Waals surface area contributed by atoms with Crippen LogP contribution in [0.1, 0.15) is 33.6 Å². The van der Waals surface area contributed by atoms with Gasteiger partial charge in [0.05, 0.1) is 4.92 Å². The molecular formula is C14H19FN2O4. The van der Waals surface area contributed by atoms with Gasteiger partial charge >= 0.3 is 5.69 Å². The van der Waals surface area contributed by atoms with Gasteiger partial charge in [0.15, 0.2) is 6.10 Å². The predicted molar refractivity (Wildman–Crippen MR) is 75.7 cm³/mol. The Balaban J connectivity index is 2.83. The van der Waals surface area contributed by atoms with Gasteiger partial charge < -0.3 is 10.1 Å². The largest absolute Gasteiger partial charge is 0.474 e. The smallest absolute Gasteiger partial charge is 0.311 e. The molecule has 6 nitrogen and oxygen atoms in total. The Labute approximate surface area is 122 Å². The third kappa shape index (κ3) is 4.70. The van der Waals surface area contributed by atoms with Crippen molar-refractivity contribution in [2.24, 2.45) is 0 Å². The quantitative estimate of drug-likeness (QED) is 0.620. The molecule has 0 spiro atoms. The summed E-state index contributed by atoms with van der Waals surface area (Å²) >= 11 is 0. The first-order chi connectivity index (χ1) is 9.88. The van der Waals surface area contributed by atoms with E-state index in [4.69, 9.17) is 4.74 Å². The number of carbonyl (C=O) groups is 1. The van der Waals surface area contributed by atoms with Gasteiger partial charge in [0, 0.05) is 18.2 Å². The van der Waals surface area contributed by atoms with Crippen LogP contribution in [-0.2, 0) is 4.79 Å². The highest BCUT2D eigenvalue weighted by Crippen LogP contribution is 2.28. The Morgan fingerprint density at radius 3 is 2.57 bits per heavy atom. The van der Waals surface area contributed by atoms with Crippen LogP contribution in [0.2, 0.25) is 0 Å². The average molecular weight is 298 g/mol. The molecule has 1 atom stereocenters. The fraction of sp³-hybridized carbons (Fsp3) is 0.500. The number of nitrogens with one attached hydrogen (secondary N) is 1. The van der Waals surface area contributed by atoms with Crippen LogP contribution >= 0.6 is 0 Å². The van der Waals surface area contributed by atoms with Crippen molar-refractivity contribution >= 4 is 11.6 Å². The van der Waals surface area contributed by atoms with Crippen molar-refractivity contribution in [1.29, 1.82) is 0 Å². The zero-order valence-corrected chi connectivity index (χ0v) is 12.3. The van der Waals surface area contributed by atoms with Gasteiger partial charge in [-0.25, -0.2) is 4.39 Å². The van der Waals surface area contributed by atoms with Gasteiger partial charge in [-0.2, -0.15) is 0 Å². The molecule has 1 aromatic carbocycles. The van der Waals surface area contributed by atoms with Crippen LogP contribution < -0.4 is 10.1 Å². The minimum absolute atomic E-state index is 0.0195. The van der Waals surface area contributed by atoms with Crippen molar-refractivity contribution in [3.8, 4) is 5.75 Å². The molecule has 7 heteroatoms. The predicted octanol–water partition coefficient (Wildman–Crippen LogP) is 2.81. The molecule has 0 saturated heterocycles. The van der Waals surface area contributed by atoms with Crippen molar-refractivity contribution in [1.82, 2.24) is 5.32 Å². The maximum Gasteiger partial charge on any atom is 0.311 e. The standard InChI is InChI=1S/C14H19FN2O4/c1-4-11(5-2)16-14(18)9(3)21-13-8-10(15)6-7-12(13)17(19)20/h6-9,11H,4-5H2,1-3H3,(H,16,18). The SMILES string of the molecule is CCC(CC)NC(=O)C(C)Oc1cc(F)ccc1[N+](=O)[O-]. The highest BCUT2D eigenvalue weighted by Gasteiger charge is 2.22. The van der Waals surface area contributed by atoms with Crippen LogP contribution in [0.3, 0.4) is 0 Å². The number of halogens is 1. The maximum atomic E-state index is 13.2. The first-order valence-electron chi connectivity index (χ1n) is 6.80. The van der Waals surface area contributed by atoms with E-state index in [1.54, 1.807) is 0 Å². The minimum Gasteiger partial charge on any atom is -0.474 e. The molecule has 1 N–H and O–H groups in total. The van der Waals surface area contributed by atoms with Gasteiger partial charge in [-0.3, -0.25) is 14.9 Å². The van der Waals surface area contributed by atoms with E-state index in [2.05, 4.69) is 5.32 Å². The Kier molecular flexibility index (Phi) is 6.08. The molecular weight excluding hydrogens is 279 g/mol. The topological polar surface area (TPSA) is 81.5 Å². The summed E-state index contributed by atoms with van der Waals surface area (Å²) in [7, 11) is 0. The number of hydrogen-bond acceptors (Lipinski definition) is 4. The molecule has 1 amide bonds. The van der Waals surface area contributed by atoms with E-state index in [0.717, 1.165) is 31.0 Å². The van der Waals surface area contributed by atoms with Gasteiger partial charge in [0.1, 0.15) is 5.82 Å². The maximum absolute atomic E-state index is 13.2. The molecule has 1 rings (SSSR count). The number of amides is 1. The zero-order valence-electron chi connectivity index (χ0n) is 12.3. The summed E-state index contributed by atoms with van der Waals surface area (Å²) in [5.41, 5.74) is -0.376. The van der Waals surface area contributed by atoms with Crippen LogP contribution in [0.4, 0.5) is 10.1 Å². The average Bonchev–Trinajstić information content (AvgIpc) is 2.44. The Morgan fingerprint density at radius 2 is 2.05 bits per heavy atom. The van der Waals surface area contributed by atoms with Gasteiger partial charge in [-0.15, -0.1) is 0 Å². The Morgan fingerprint density at radius 1 is 1.43 bits per heavy atom. The van der Waals surface area contributed by atoms with Crippen molar-refractivity contribution < 1.29 is 18.8 Å². The van der Waals surface area contributed by atoms with Crippen molar-refractivity contribution in [3.05, 3.63) is 34.1 Å². The number of benzene rings is 1. The lowest BCUT2D eigenvalue weighted by atomic mass is 10.1. The van der Waals surface area contributed by atoms with Crippen molar-refractivity contribution in [2.45, 2.75) is 45.8 Å². The first-order valence-corrected chi connectivity index (χ1v) is 6.80. The van der Waals surface area contributed by atoms with Crippen LogP contribution in [0, 0.1) is 15.9 Å². The van der Waals surface area contributed by atoms with Gasteiger partial charge in [-0.05, 0) is 25.8 Å². The molecule has 0 saturated carbocycles. The summed E-state index contributed by atoms with van der Waals surface area (Å²) in [5.74, 6) is -1.31. The molecule has 0 heterocycles. The van der Waals surface area contributed by atoms with Crippen molar-refractivity contribution in [2.75, 3.05) is 0 Å². The summed E-state index contributed by atoms with van der Waals surface area (Å²) < 4.78 is 18.4. The molecule has 0 aliphatic carbocycles. The van der Waals surface area contributed by atoms with E-state index >= 15 is 0 Å². The third-order valence-electron chi connectivity index (χ3n) is 3.12. The van der Waals surface area contributed by atoms with Crippen LogP contribution in [0.25, 0.3) is 0 Å². The molecule has 1 aromatic rings. The first kappa shape index (κ1) is 16.9. The van der Waals surface area contributed by atoms with Crippen LogP contribution in [0.15, 0.2) is 18.2 Å². The monoisotopic (exact) mass is 298 g/mol. The fourth-order valence-electron chi connectivity index (χ4n) is 1.79. The normalized spacial score (nSPS) is 12.0. The lowest BCUT2D eigenvalue weighted by molar-refractivity contribution is -0.386. The fourth-order valence-corrected chi connectivity index (χ4v) is 1.79. The number of carbonyl (C=O) groups excluding carboxylic acids is 1. The number of nitro groups is 1. The Bertz CT molecular complexity index is 518. The van der Waals surface area contributed by atoms with Crippen molar-refractivity contribution in [3.63, 3.8) is 0 Å². The third-order valence-corrected chi connectivity index (χ3v) is 3.12. The number of nitro benzene ring substituents is 1. The number of rotatable bonds is 7. The molecule has 1 unspecified atom stereocenters. The van der Waals surface area contributed by atoms with Gasteiger partial charge in [0.25, 0.3) is 5.91 Å². The van der Waals surface area contributed by atoms with Gasteiger partial charge in [-0.1, -0.05) is 13.8 Å². The van der Waals surface area contributed by atoms with E-state index < -0.39 is 16.8 Å². The van der Waals surface area contributed by atoms with E-state index in [1.165, 1.54) is 6.92 Å². The molecule has 0 bridgehead atoms.